The van der Waals surface area contributed by atoms with Gasteiger partial charge in [-0.05, 0) is 24.1 Å². The van der Waals surface area contributed by atoms with Crippen LogP contribution in [0.4, 0.5) is 5.69 Å². The van der Waals surface area contributed by atoms with Crippen molar-refractivity contribution in [1.29, 1.82) is 0 Å². The number of anilines is 1. The minimum atomic E-state index is -0.978. The van der Waals surface area contributed by atoms with Gasteiger partial charge in [-0.25, -0.2) is 0 Å². The number of nitrogens with zero attached hydrogens (tertiary/aromatic N) is 1. The summed E-state index contributed by atoms with van der Waals surface area (Å²) in [5.41, 5.74) is 2.28. The number of likely N-dealkylation sites (N-methyl/N-ethyl adjacent to an activating group) is 1. The van der Waals surface area contributed by atoms with Crippen LogP contribution in [0.1, 0.15) is 25.3 Å². The summed E-state index contributed by atoms with van der Waals surface area (Å²) in [5, 5.41) is 18.2. The smallest absolute Gasteiger partial charge is 0.306 e. The van der Waals surface area contributed by atoms with Crippen LogP contribution in [-0.4, -0.2) is 35.9 Å². The highest BCUT2D eigenvalue weighted by molar-refractivity contribution is 5.67. The number of aryl methyl sites for hydroxylation is 1. The summed E-state index contributed by atoms with van der Waals surface area (Å²) in [4.78, 5) is 12.3. The second-order valence-electron chi connectivity index (χ2n) is 4.55. The van der Waals surface area contributed by atoms with Crippen LogP contribution < -0.4 is 4.90 Å². The first-order valence-corrected chi connectivity index (χ1v) is 6.23. The molecule has 1 aromatic carbocycles. The van der Waals surface area contributed by atoms with E-state index in [1.54, 1.807) is 0 Å². The summed E-state index contributed by atoms with van der Waals surface area (Å²) < 4.78 is 0. The highest BCUT2D eigenvalue weighted by atomic mass is 16.4. The molecule has 1 rings (SSSR count). The van der Waals surface area contributed by atoms with Crippen molar-refractivity contribution < 1.29 is 15.0 Å². The standard InChI is InChI=1S/C14H21NO3/c1-3-4-11-5-7-12(8-6-11)15(2)10-13(16)9-14(17)18/h5-8,13,16H,3-4,9-10H2,1-2H3,(H,17,18). The minimum absolute atomic E-state index is 0.224. The van der Waals surface area contributed by atoms with Crippen LogP contribution in [0.2, 0.25) is 0 Å². The van der Waals surface area contributed by atoms with E-state index in [9.17, 15) is 9.90 Å². The quantitative estimate of drug-likeness (QED) is 0.777. The minimum Gasteiger partial charge on any atom is -0.481 e. The highest BCUT2D eigenvalue weighted by Crippen LogP contribution is 2.15. The molecule has 0 saturated heterocycles. The molecule has 100 valence electrons. The number of benzene rings is 1. The summed E-state index contributed by atoms with van der Waals surface area (Å²) in [5.74, 6) is -0.978. The predicted octanol–water partition coefficient (Wildman–Crippen LogP) is 1.91. The maximum Gasteiger partial charge on any atom is 0.306 e. The largest absolute Gasteiger partial charge is 0.481 e. The topological polar surface area (TPSA) is 60.8 Å². The van der Waals surface area contributed by atoms with Gasteiger partial charge in [0.1, 0.15) is 0 Å². The van der Waals surface area contributed by atoms with Gasteiger partial charge >= 0.3 is 5.97 Å². The summed E-state index contributed by atoms with van der Waals surface area (Å²) in [7, 11) is 1.85. The molecule has 0 aliphatic carbocycles. The third kappa shape index (κ3) is 4.75. The third-order valence-electron chi connectivity index (χ3n) is 2.81. The van der Waals surface area contributed by atoms with Gasteiger partial charge in [0.15, 0.2) is 0 Å². The third-order valence-corrected chi connectivity index (χ3v) is 2.81. The SMILES string of the molecule is CCCc1ccc(N(C)CC(O)CC(=O)O)cc1. The lowest BCUT2D eigenvalue weighted by atomic mass is 10.1. The average molecular weight is 251 g/mol. The molecule has 1 atom stereocenters. The maximum absolute atomic E-state index is 10.5. The van der Waals surface area contributed by atoms with E-state index in [4.69, 9.17) is 5.11 Å². The molecule has 4 heteroatoms. The highest BCUT2D eigenvalue weighted by Gasteiger charge is 2.12. The molecule has 18 heavy (non-hydrogen) atoms. The van der Waals surface area contributed by atoms with Gasteiger partial charge in [-0.3, -0.25) is 4.79 Å². The van der Waals surface area contributed by atoms with Crippen molar-refractivity contribution in [2.75, 3.05) is 18.5 Å². The van der Waals surface area contributed by atoms with E-state index in [0.717, 1.165) is 18.5 Å². The number of carbonyl (C=O) groups is 1. The van der Waals surface area contributed by atoms with Gasteiger partial charge in [0.2, 0.25) is 0 Å². The summed E-state index contributed by atoms with van der Waals surface area (Å²) >= 11 is 0. The van der Waals surface area contributed by atoms with E-state index < -0.39 is 12.1 Å². The number of carboxylic acids is 1. The van der Waals surface area contributed by atoms with Crippen LogP contribution in [0.15, 0.2) is 24.3 Å². The Hall–Kier alpha value is -1.55. The van der Waals surface area contributed by atoms with Crippen molar-refractivity contribution in [2.24, 2.45) is 0 Å². The van der Waals surface area contributed by atoms with Crippen LogP contribution in [0.25, 0.3) is 0 Å². The maximum atomic E-state index is 10.5. The van der Waals surface area contributed by atoms with Crippen LogP contribution >= 0.6 is 0 Å². The Labute approximate surface area is 108 Å². The lowest BCUT2D eigenvalue weighted by Gasteiger charge is -2.22. The number of hydrogen-bond donors (Lipinski definition) is 2. The zero-order chi connectivity index (χ0) is 13.5. The second-order valence-corrected chi connectivity index (χ2v) is 4.55. The van der Waals surface area contributed by atoms with E-state index in [1.165, 1.54) is 5.56 Å². The van der Waals surface area contributed by atoms with Gasteiger partial charge in [-0.15, -0.1) is 0 Å². The van der Waals surface area contributed by atoms with E-state index in [-0.39, 0.29) is 6.42 Å². The van der Waals surface area contributed by atoms with Crippen molar-refractivity contribution in [3.63, 3.8) is 0 Å². The van der Waals surface area contributed by atoms with Gasteiger partial charge in [-0.1, -0.05) is 25.5 Å². The van der Waals surface area contributed by atoms with E-state index in [1.807, 2.05) is 24.1 Å². The van der Waals surface area contributed by atoms with Crippen molar-refractivity contribution in [3.05, 3.63) is 29.8 Å². The molecule has 2 N–H and O–H groups in total. The Morgan fingerprint density at radius 1 is 1.33 bits per heavy atom. The van der Waals surface area contributed by atoms with Gasteiger partial charge in [-0.2, -0.15) is 0 Å². The van der Waals surface area contributed by atoms with Crippen molar-refractivity contribution >= 4 is 11.7 Å². The van der Waals surface area contributed by atoms with E-state index in [2.05, 4.69) is 19.1 Å². The number of aliphatic hydroxyl groups excluding tert-OH is 1. The Morgan fingerprint density at radius 3 is 2.44 bits per heavy atom. The monoisotopic (exact) mass is 251 g/mol. The van der Waals surface area contributed by atoms with Gasteiger partial charge < -0.3 is 15.1 Å². The van der Waals surface area contributed by atoms with Crippen LogP contribution in [0.3, 0.4) is 0 Å². The lowest BCUT2D eigenvalue weighted by Crippen LogP contribution is -2.30. The molecule has 0 heterocycles. The molecule has 0 saturated carbocycles. The fourth-order valence-electron chi connectivity index (χ4n) is 1.89. The molecule has 0 amide bonds. The summed E-state index contributed by atoms with van der Waals surface area (Å²) in [6.45, 7) is 2.46. The number of aliphatic carboxylic acids is 1. The zero-order valence-electron chi connectivity index (χ0n) is 11.0. The molecular weight excluding hydrogens is 230 g/mol. The fourth-order valence-corrected chi connectivity index (χ4v) is 1.89. The molecule has 4 nitrogen and oxygen atoms in total. The Balaban J connectivity index is 2.55. The molecule has 0 radical (unpaired) electrons. The molecule has 0 aliphatic rings. The summed E-state index contributed by atoms with van der Waals surface area (Å²) in [6.07, 6.45) is 1.11. The van der Waals surface area contributed by atoms with E-state index in [0.29, 0.717) is 6.54 Å². The first-order chi connectivity index (χ1) is 8.52. The first kappa shape index (κ1) is 14.5. The molecule has 1 unspecified atom stereocenters. The van der Waals surface area contributed by atoms with Crippen molar-refractivity contribution in [3.8, 4) is 0 Å². The van der Waals surface area contributed by atoms with Gasteiger partial charge in [0.25, 0.3) is 0 Å². The number of hydrogen-bond acceptors (Lipinski definition) is 3. The van der Waals surface area contributed by atoms with Gasteiger partial charge in [0.05, 0.1) is 12.5 Å². The first-order valence-electron chi connectivity index (χ1n) is 6.23. The molecule has 0 aliphatic heterocycles. The fraction of sp³-hybridized carbons (Fsp3) is 0.500. The molecule has 0 fully saturated rings. The average Bonchev–Trinajstić information content (AvgIpc) is 2.29. The molecular formula is C14H21NO3. The number of aliphatic hydroxyl groups is 1. The van der Waals surface area contributed by atoms with Gasteiger partial charge in [0, 0.05) is 19.3 Å². The predicted molar refractivity (Wildman–Crippen MR) is 72.0 cm³/mol. The molecule has 1 aromatic rings. The number of rotatable bonds is 7. The molecule has 0 bridgehead atoms. The molecule has 0 spiro atoms. The van der Waals surface area contributed by atoms with E-state index >= 15 is 0 Å². The normalized spacial score (nSPS) is 12.2. The van der Waals surface area contributed by atoms with Crippen molar-refractivity contribution in [1.82, 2.24) is 0 Å². The van der Waals surface area contributed by atoms with Crippen LogP contribution in [0.5, 0.6) is 0 Å². The Kier molecular flexibility index (Phi) is 5.65. The Morgan fingerprint density at radius 2 is 1.94 bits per heavy atom. The number of carboxylic acid groups (broad SMARTS) is 1. The second kappa shape index (κ2) is 7.01. The van der Waals surface area contributed by atoms with Crippen LogP contribution in [-0.2, 0) is 11.2 Å². The lowest BCUT2D eigenvalue weighted by molar-refractivity contribution is -0.139. The Bertz CT molecular complexity index is 375. The van der Waals surface area contributed by atoms with Crippen molar-refractivity contribution in [2.45, 2.75) is 32.3 Å². The molecule has 0 aromatic heterocycles. The van der Waals surface area contributed by atoms with Crippen LogP contribution in [0, 0.1) is 0 Å². The zero-order valence-corrected chi connectivity index (χ0v) is 11.0. The summed E-state index contributed by atoms with van der Waals surface area (Å²) in [6, 6.07) is 8.13.